The molecule has 3 rings (SSSR count). The molecule has 0 radical (unpaired) electrons. The molecule has 0 saturated heterocycles. The minimum Gasteiger partial charge on any atom is -0.345 e. The van der Waals surface area contributed by atoms with Gasteiger partial charge in [-0.15, -0.1) is 0 Å². The lowest BCUT2D eigenvalue weighted by molar-refractivity contribution is -0.137. The van der Waals surface area contributed by atoms with Crippen molar-refractivity contribution in [3.05, 3.63) is 87.6 Å². The predicted molar refractivity (Wildman–Crippen MR) is 95.0 cm³/mol. The van der Waals surface area contributed by atoms with Gasteiger partial charge in [0.1, 0.15) is 0 Å². The minimum atomic E-state index is -4.62. The number of alkyl halides is 3. The van der Waals surface area contributed by atoms with Gasteiger partial charge in [0.05, 0.1) is 23.5 Å². The standard InChI is InChI=1S/C19H15F3N4O2/c1-12-10-16(27)17(18(28)24-11-13-6-4-5-9-23-13)25-26(12)15-8-3-2-7-14(15)19(20,21)22/h2-10H,11H2,1H3,(H,24,28). The van der Waals surface area contributed by atoms with E-state index in [1.54, 1.807) is 24.4 Å². The summed E-state index contributed by atoms with van der Waals surface area (Å²) in [6.07, 6.45) is -3.07. The van der Waals surface area contributed by atoms with Crippen molar-refractivity contribution in [2.45, 2.75) is 19.6 Å². The number of hydrogen-bond donors (Lipinski definition) is 1. The highest BCUT2D eigenvalue weighted by atomic mass is 19.4. The Morgan fingerprint density at radius 1 is 1.14 bits per heavy atom. The molecule has 3 aromatic rings. The first-order valence-corrected chi connectivity index (χ1v) is 8.23. The van der Waals surface area contributed by atoms with E-state index in [4.69, 9.17) is 0 Å². The third-order valence-electron chi connectivity index (χ3n) is 3.92. The number of carbonyl (C=O) groups is 1. The summed E-state index contributed by atoms with van der Waals surface area (Å²) in [4.78, 5) is 28.6. The van der Waals surface area contributed by atoms with E-state index < -0.39 is 28.8 Å². The SMILES string of the molecule is Cc1cc(=O)c(C(=O)NCc2ccccn2)nn1-c1ccccc1C(F)(F)F. The van der Waals surface area contributed by atoms with Gasteiger partial charge < -0.3 is 5.32 Å². The lowest BCUT2D eigenvalue weighted by Crippen LogP contribution is -2.32. The zero-order chi connectivity index (χ0) is 20.3. The lowest BCUT2D eigenvalue weighted by Gasteiger charge is -2.16. The van der Waals surface area contributed by atoms with Crippen molar-refractivity contribution in [3.8, 4) is 5.69 Å². The molecule has 0 aliphatic rings. The number of amides is 1. The monoisotopic (exact) mass is 388 g/mol. The molecule has 0 spiro atoms. The molecule has 2 aromatic heterocycles. The number of benzene rings is 1. The number of aryl methyl sites for hydroxylation is 1. The molecular formula is C19H15F3N4O2. The molecule has 2 heterocycles. The Bertz CT molecular complexity index is 1060. The number of pyridine rings is 1. The fourth-order valence-electron chi connectivity index (χ4n) is 2.60. The van der Waals surface area contributed by atoms with E-state index in [2.05, 4.69) is 15.4 Å². The van der Waals surface area contributed by atoms with Crippen molar-refractivity contribution < 1.29 is 18.0 Å². The molecule has 0 aliphatic carbocycles. The van der Waals surface area contributed by atoms with Crippen LogP contribution in [0.1, 0.15) is 27.4 Å². The second-order valence-electron chi connectivity index (χ2n) is 5.93. The zero-order valence-corrected chi connectivity index (χ0v) is 14.7. The Morgan fingerprint density at radius 2 is 1.86 bits per heavy atom. The summed E-state index contributed by atoms with van der Waals surface area (Å²) in [7, 11) is 0. The van der Waals surface area contributed by atoms with Crippen LogP contribution in [0.5, 0.6) is 0 Å². The molecule has 1 amide bonds. The number of carbonyl (C=O) groups excluding carboxylic acids is 1. The fraction of sp³-hybridized carbons (Fsp3) is 0.158. The van der Waals surface area contributed by atoms with Crippen LogP contribution in [0.4, 0.5) is 13.2 Å². The number of rotatable bonds is 4. The molecular weight excluding hydrogens is 373 g/mol. The summed E-state index contributed by atoms with van der Waals surface area (Å²) in [5.41, 5.74) is -1.65. The van der Waals surface area contributed by atoms with Gasteiger partial charge in [0, 0.05) is 18.0 Å². The molecule has 1 N–H and O–H groups in total. The van der Waals surface area contributed by atoms with Crippen molar-refractivity contribution in [1.82, 2.24) is 20.1 Å². The van der Waals surface area contributed by atoms with Gasteiger partial charge in [0.25, 0.3) is 5.91 Å². The van der Waals surface area contributed by atoms with Crippen LogP contribution in [0.25, 0.3) is 5.69 Å². The number of nitrogens with one attached hydrogen (secondary N) is 1. The van der Waals surface area contributed by atoms with E-state index in [-0.39, 0.29) is 17.9 Å². The van der Waals surface area contributed by atoms with Crippen LogP contribution in [0.2, 0.25) is 0 Å². The van der Waals surface area contributed by atoms with E-state index in [0.29, 0.717) is 5.69 Å². The quantitative estimate of drug-likeness (QED) is 0.746. The van der Waals surface area contributed by atoms with E-state index in [0.717, 1.165) is 16.8 Å². The zero-order valence-electron chi connectivity index (χ0n) is 14.7. The third kappa shape index (κ3) is 4.08. The molecule has 0 fully saturated rings. The number of halogens is 3. The minimum absolute atomic E-state index is 0.0494. The van der Waals surface area contributed by atoms with Gasteiger partial charge in [-0.05, 0) is 31.2 Å². The van der Waals surface area contributed by atoms with Crippen LogP contribution < -0.4 is 10.7 Å². The Kier molecular flexibility index (Phi) is 5.25. The largest absolute Gasteiger partial charge is 0.418 e. The number of nitrogens with zero attached hydrogens (tertiary/aromatic N) is 3. The molecule has 1 aromatic carbocycles. The Balaban J connectivity index is 1.98. The van der Waals surface area contributed by atoms with E-state index >= 15 is 0 Å². The molecule has 0 saturated carbocycles. The number of hydrogen-bond acceptors (Lipinski definition) is 4. The van der Waals surface area contributed by atoms with Gasteiger partial charge in [0.2, 0.25) is 5.43 Å². The Labute approximate surface area is 157 Å². The Hall–Kier alpha value is -3.49. The van der Waals surface area contributed by atoms with Crippen LogP contribution in [0.15, 0.2) is 59.5 Å². The van der Waals surface area contributed by atoms with Gasteiger partial charge in [0.15, 0.2) is 5.69 Å². The maximum absolute atomic E-state index is 13.3. The van der Waals surface area contributed by atoms with Crippen LogP contribution >= 0.6 is 0 Å². The molecule has 9 heteroatoms. The molecule has 0 unspecified atom stereocenters. The number of para-hydroxylation sites is 1. The smallest absolute Gasteiger partial charge is 0.345 e. The first-order valence-electron chi connectivity index (χ1n) is 8.23. The number of aromatic nitrogens is 3. The molecule has 144 valence electrons. The highest BCUT2D eigenvalue weighted by Crippen LogP contribution is 2.33. The van der Waals surface area contributed by atoms with E-state index in [1.165, 1.54) is 25.1 Å². The van der Waals surface area contributed by atoms with E-state index in [9.17, 15) is 22.8 Å². The topological polar surface area (TPSA) is 76.9 Å². The van der Waals surface area contributed by atoms with E-state index in [1.807, 2.05) is 0 Å². The van der Waals surface area contributed by atoms with Gasteiger partial charge in [-0.2, -0.15) is 18.3 Å². The summed E-state index contributed by atoms with van der Waals surface area (Å²) >= 11 is 0. The van der Waals surface area contributed by atoms with Gasteiger partial charge in [-0.3, -0.25) is 14.6 Å². The molecule has 0 atom stereocenters. The second-order valence-corrected chi connectivity index (χ2v) is 5.93. The second kappa shape index (κ2) is 7.63. The van der Waals surface area contributed by atoms with Crippen molar-refractivity contribution in [1.29, 1.82) is 0 Å². The highest BCUT2D eigenvalue weighted by molar-refractivity contribution is 5.91. The highest BCUT2D eigenvalue weighted by Gasteiger charge is 2.34. The summed E-state index contributed by atoms with van der Waals surface area (Å²) in [6.45, 7) is 1.49. The molecule has 6 nitrogen and oxygen atoms in total. The molecule has 0 aliphatic heterocycles. The maximum atomic E-state index is 13.3. The summed E-state index contributed by atoms with van der Waals surface area (Å²) in [6, 6.07) is 11.0. The molecule has 28 heavy (non-hydrogen) atoms. The van der Waals surface area contributed by atoms with Gasteiger partial charge in [-0.1, -0.05) is 18.2 Å². The normalized spacial score (nSPS) is 11.3. The first-order chi connectivity index (χ1) is 13.3. The van der Waals surface area contributed by atoms with Crippen LogP contribution in [-0.2, 0) is 12.7 Å². The first kappa shape index (κ1) is 19.3. The summed E-state index contributed by atoms with van der Waals surface area (Å²) in [5.74, 6) is -0.797. The average Bonchev–Trinajstić information content (AvgIpc) is 2.66. The van der Waals surface area contributed by atoms with Crippen molar-refractivity contribution in [3.63, 3.8) is 0 Å². The van der Waals surface area contributed by atoms with Gasteiger partial charge in [-0.25, -0.2) is 4.68 Å². The van der Waals surface area contributed by atoms with Crippen molar-refractivity contribution in [2.24, 2.45) is 0 Å². The van der Waals surface area contributed by atoms with Crippen molar-refractivity contribution >= 4 is 5.91 Å². The predicted octanol–water partition coefficient (Wildman–Crippen LogP) is 2.88. The summed E-state index contributed by atoms with van der Waals surface area (Å²) in [5, 5.41) is 6.40. The fourth-order valence-corrected chi connectivity index (χ4v) is 2.60. The molecule has 0 bridgehead atoms. The van der Waals surface area contributed by atoms with Crippen LogP contribution in [0, 0.1) is 6.92 Å². The van der Waals surface area contributed by atoms with Crippen LogP contribution in [0.3, 0.4) is 0 Å². The maximum Gasteiger partial charge on any atom is 0.418 e. The average molecular weight is 388 g/mol. The lowest BCUT2D eigenvalue weighted by atomic mass is 10.1. The third-order valence-corrected chi connectivity index (χ3v) is 3.92. The van der Waals surface area contributed by atoms with Crippen LogP contribution in [-0.4, -0.2) is 20.7 Å². The van der Waals surface area contributed by atoms with Gasteiger partial charge >= 0.3 is 6.18 Å². The van der Waals surface area contributed by atoms with Crippen molar-refractivity contribution in [2.75, 3.05) is 0 Å². The Morgan fingerprint density at radius 3 is 2.54 bits per heavy atom. The summed E-state index contributed by atoms with van der Waals surface area (Å²) < 4.78 is 40.9.